The molecule has 122 valence electrons. The summed E-state index contributed by atoms with van der Waals surface area (Å²) in [6, 6.07) is 0. The molecule has 0 aliphatic heterocycles. The summed E-state index contributed by atoms with van der Waals surface area (Å²) in [6.07, 6.45) is 6.45. The second-order valence-corrected chi connectivity index (χ2v) is 6.38. The lowest BCUT2D eigenvalue weighted by atomic mass is 9.96. The highest BCUT2D eigenvalue weighted by atomic mass is 16.5. The van der Waals surface area contributed by atoms with Crippen molar-refractivity contribution in [3.8, 4) is 0 Å². The topological polar surface area (TPSA) is 77.9 Å². The fraction of sp³-hybridized carbons (Fsp3) is 0.471. The van der Waals surface area contributed by atoms with E-state index in [-0.39, 0.29) is 5.97 Å². The molecule has 0 spiro atoms. The number of ether oxygens (including phenoxy) is 1. The molecule has 0 aromatic carbocycles. The number of aryl methyl sites for hydroxylation is 2. The Labute approximate surface area is 136 Å². The van der Waals surface area contributed by atoms with Crippen LogP contribution < -0.4 is 0 Å². The minimum Gasteiger partial charge on any atom is -0.452 e. The first-order valence-corrected chi connectivity index (χ1v) is 7.61. The molecule has 0 radical (unpaired) electrons. The molecular weight excluding hydrogens is 292 g/mol. The Morgan fingerprint density at radius 2 is 1.74 bits per heavy atom. The zero-order chi connectivity index (χ0) is 17.0. The summed E-state index contributed by atoms with van der Waals surface area (Å²) in [5, 5.41) is 0. The van der Waals surface area contributed by atoms with Crippen molar-refractivity contribution in [2.24, 2.45) is 5.41 Å². The number of hydrogen-bond acceptors (Lipinski definition) is 6. The number of aromatic nitrogens is 4. The lowest BCUT2D eigenvalue weighted by molar-refractivity contribution is -0.157. The molecule has 0 saturated heterocycles. The van der Waals surface area contributed by atoms with Gasteiger partial charge in [0, 0.05) is 29.2 Å². The van der Waals surface area contributed by atoms with Gasteiger partial charge in [-0.1, -0.05) is 6.92 Å². The second-order valence-electron chi connectivity index (χ2n) is 6.38. The minimum absolute atomic E-state index is 0.295. The summed E-state index contributed by atoms with van der Waals surface area (Å²) in [6.45, 7) is 9.34. The molecule has 2 aromatic rings. The maximum Gasteiger partial charge on any atom is 0.312 e. The molecule has 0 saturated carbocycles. The molecule has 0 aliphatic carbocycles. The predicted octanol–water partition coefficient (Wildman–Crippen LogP) is 2.82. The van der Waals surface area contributed by atoms with E-state index in [4.69, 9.17) is 4.74 Å². The molecule has 0 aliphatic rings. The van der Waals surface area contributed by atoms with Gasteiger partial charge < -0.3 is 4.74 Å². The van der Waals surface area contributed by atoms with Gasteiger partial charge in [0.25, 0.3) is 0 Å². The molecule has 0 fully saturated rings. The van der Waals surface area contributed by atoms with Crippen LogP contribution in [-0.4, -0.2) is 25.9 Å². The summed E-state index contributed by atoms with van der Waals surface area (Å²) < 4.78 is 5.81. The standard InChI is InChI=1S/C17H22N4O2/c1-6-14-13(8-19-10-21-14)15(23-16(22)17(3,4)5)12-7-18-9-20-11(12)2/h7-10,15H,6H2,1-5H3. The van der Waals surface area contributed by atoms with Crippen LogP contribution >= 0.6 is 0 Å². The van der Waals surface area contributed by atoms with Crippen molar-refractivity contribution in [3.63, 3.8) is 0 Å². The highest BCUT2D eigenvalue weighted by Crippen LogP contribution is 2.31. The Bertz CT molecular complexity index is 695. The molecule has 23 heavy (non-hydrogen) atoms. The molecule has 6 heteroatoms. The van der Waals surface area contributed by atoms with Crippen molar-refractivity contribution in [1.29, 1.82) is 0 Å². The van der Waals surface area contributed by atoms with Gasteiger partial charge in [0.1, 0.15) is 12.7 Å². The van der Waals surface area contributed by atoms with E-state index in [2.05, 4.69) is 19.9 Å². The third-order valence-electron chi connectivity index (χ3n) is 3.51. The fourth-order valence-corrected chi connectivity index (χ4v) is 2.12. The Morgan fingerprint density at radius 1 is 1.13 bits per heavy atom. The van der Waals surface area contributed by atoms with E-state index in [9.17, 15) is 4.79 Å². The first kappa shape index (κ1) is 17.0. The van der Waals surface area contributed by atoms with Crippen LogP contribution in [0.15, 0.2) is 25.0 Å². The van der Waals surface area contributed by atoms with E-state index in [1.54, 1.807) is 12.4 Å². The summed E-state index contributed by atoms with van der Waals surface area (Å²) in [7, 11) is 0. The van der Waals surface area contributed by atoms with Crippen molar-refractivity contribution in [2.45, 2.75) is 47.1 Å². The van der Waals surface area contributed by atoms with Gasteiger partial charge in [-0.05, 0) is 34.1 Å². The number of carbonyl (C=O) groups is 1. The highest BCUT2D eigenvalue weighted by molar-refractivity contribution is 5.76. The maximum atomic E-state index is 12.4. The SMILES string of the molecule is CCc1ncncc1C(OC(=O)C(C)(C)C)c1cncnc1C. The number of esters is 1. The molecule has 0 N–H and O–H groups in total. The van der Waals surface area contributed by atoms with Crippen molar-refractivity contribution in [3.05, 3.63) is 47.6 Å². The van der Waals surface area contributed by atoms with Crippen LogP contribution in [0.1, 0.15) is 56.3 Å². The Balaban J connectivity index is 2.52. The van der Waals surface area contributed by atoms with Crippen LogP contribution in [0.2, 0.25) is 0 Å². The average molecular weight is 314 g/mol. The van der Waals surface area contributed by atoms with Crippen molar-refractivity contribution in [1.82, 2.24) is 19.9 Å². The summed E-state index contributed by atoms with van der Waals surface area (Å²) in [5.41, 5.74) is 2.51. The number of nitrogens with zero attached hydrogens (tertiary/aromatic N) is 4. The van der Waals surface area contributed by atoms with Crippen LogP contribution in [0.4, 0.5) is 0 Å². The Morgan fingerprint density at radius 3 is 2.30 bits per heavy atom. The van der Waals surface area contributed by atoms with Gasteiger partial charge in [-0.3, -0.25) is 4.79 Å². The monoisotopic (exact) mass is 314 g/mol. The van der Waals surface area contributed by atoms with Crippen molar-refractivity contribution >= 4 is 5.97 Å². The molecule has 2 rings (SSSR count). The first-order valence-electron chi connectivity index (χ1n) is 7.61. The minimum atomic E-state index is -0.612. The number of rotatable bonds is 4. The van der Waals surface area contributed by atoms with E-state index in [1.165, 1.54) is 12.7 Å². The van der Waals surface area contributed by atoms with Gasteiger partial charge in [-0.15, -0.1) is 0 Å². The third kappa shape index (κ3) is 3.88. The average Bonchev–Trinajstić information content (AvgIpc) is 2.52. The lowest BCUT2D eigenvalue weighted by Gasteiger charge is -2.25. The Hall–Kier alpha value is -2.37. The van der Waals surface area contributed by atoms with Gasteiger partial charge in [0.2, 0.25) is 0 Å². The van der Waals surface area contributed by atoms with Crippen molar-refractivity contribution in [2.75, 3.05) is 0 Å². The largest absolute Gasteiger partial charge is 0.452 e. The summed E-state index contributed by atoms with van der Waals surface area (Å²) in [5.74, 6) is -0.295. The fourth-order valence-electron chi connectivity index (χ4n) is 2.12. The smallest absolute Gasteiger partial charge is 0.312 e. The number of carbonyl (C=O) groups excluding carboxylic acids is 1. The van der Waals surface area contributed by atoms with Gasteiger partial charge in [-0.25, -0.2) is 19.9 Å². The zero-order valence-corrected chi connectivity index (χ0v) is 14.2. The van der Waals surface area contributed by atoms with Crippen molar-refractivity contribution < 1.29 is 9.53 Å². The van der Waals surface area contributed by atoms with Gasteiger partial charge in [0.05, 0.1) is 11.1 Å². The third-order valence-corrected chi connectivity index (χ3v) is 3.51. The van der Waals surface area contributed by atoms with Crippen LogP contribution in [0.5, 0.6) is 0 Å². The highest BCUT2D eigenvalue weighted by Gasteiger charge is 2.30. The lowest BCUT2D eigenvalue weighted by Crippen LogP contribution is -2.26. The molecule has 2 heterocycles. The van der Waals surface area contributed by atoms with Gasteiger partial charge in [-0.2, -0.15) is 0 Å². The van der Waals surface area contributed by atoms with E-state index in [0.29, 0.717) is 6.42 Å². The molecule has 1 atom stereocenters. The summed E-state index contributed by atoms with van der Waals surface area (Å²) >= 11 is 0. The molecule has 0 amide bonds. The van der Waals surface area contributed by atoms with Crippen LogP contribution in [0.3, 0.4) is 0 Å². The Kier molecular flexibility index (Phi) is 5.03. The zero-order valence-electron chi connectivity index (χ0n) is 14.2. The van der Waals surface area contributed by atoms with E-state index in [0.717, 1.165) is 22.5 Å². The quantitative estimate of drug-likeness (QED) is 0.808. The van der Waals surface area contributed by atoms with E-state index < -0.39 is 11.5 Å². The molecule has 1 unspecified atom stereocenters. The van der Waals surface area contributed by atoms with Crippen LogP contribution in [0.25, 0.3) is 0 Å². The number of hydrogen-bond donors (Lipinski definition) is 0. The normalized spacial score (nSPS) is 12.7. The maximum absolute atomic E-state index is 12.4. The molecule has 6 nitrogen and oxygen atoms in total. The van der Waals surface area contributed by atoms with Gasteiger partial charge in [0.15, 0.2) is 6.10 Å². The second kappa shape index (κ2) is 6.81. The first-order chi connectivity index (χ1) is 10.8. The predicted molar refractivity (Wildman–Crippen MR) is 85.6 cm³/mol. The summed E-state index contributed by atoms with van der Waals surface area (Å²) in [4.78, 5) is 29.1. The van der Waals surface area contributed by atoms with Crippen LogP contribution in [0, 0.1) is 12.3 Å². The van der Waals surface area contributed by atoms with E-state index >= 15 is 0 Å². The van der Waals surface area contributed by atoms with Gasteiger partial charge >= 0.3 is 5.97 Å². The van der Waals surface area contributed by atoms with Crippen LogP contribution in [-0.2, 0) is 16.0 Å². The molecule has 2 aromatic heterocycles. The molecule has 0 bridgehead atoms. The van der Waals surface area contributed by atoms with E-state index in [1.807, 2.05) is 34.6 Å². The molecular formula is C17H22N4O2.